The van der Waals surface area contributed by atoms with E-state index in [9.17, 15) is 13.5 Å². The predicted octanol–water partition coefficient (Wildman–Crippen LogP) is 2.16. The van der Waals surface area contributed by atoms with Crippen molar-refractivity contribution < 1.29 is 18.3 Å². The van der Waals surface area contributed by atoms with E-state index in [1.807, 2.05) is 0 Å². The molecule has 0 spiro atoms. The number of benzene rings is 1. The lowest BCUT2D eigenvalue weighted by Gasteiger charge is -2.21. The third-order valence-corrected chi connectivity index (χ3v) is 5.46. The van der Waals surface area contributed by atoms with Crippen molar-refractivity contribution in [3.8, 4) is 5.75 Å². The van der Waals surface area contributed by atoms with Gasteiger partial charge in [0.2, 0.25) is 10.0 Å². The van der Waals surface area contributed by atoms with Crippen molar-refractivity contribution in [3.05, 3.63) is 28.2 Å². The first-order chi connectivity index (χ1) is 9.77. The van der Waals surface area contributed by atoms with Crippen LogP contribution in [0.5, 0.6) is 5.75 Å². The first-order valence-corrected chi connectivity index (χ1v) is 9.12. The fraction of sp³-hybridized carbons (Fsp3) is 0.538. The van der Waals surface area contributed by atoms with Crippen LogP contribution in [0.4, 0.5) is 0 Å². The molecule has 0 radical (unpaired) electrons. The maximum absolute atomic E-state index is 11.6. The molecule has 1 fully saturated rings. The number of hydrogen-bond acceptors (Lipinski definition) is 4. The van der Waals surface area contributed by atoms with E-state index in [4.69, 9.17) is 27.9 Å². The molecule has 0 amide bonds. The Balaban J connectivity index is 2.07. The van der Waals surface area contributed by atoms with Crippen molar-refractivity contribution >= 4 is 33.2 Å². The summed E-state index contributed by atoms with van der Waals surface area (Å²) in [5.41, 5.74) is 0. The smallest absolute Gasteiger partial charge is 0.211 e. The number of hydrogen-bond donors (Lipinski definition) is 1. The molecule has 1 aromatic carbocycles. The van der Waals surface area contributed by atoms with Gasteiger partial charge >= 0.3 is 0 Å². The maximum atomic E-state index is 11.6. The van der Waals surface area contributed by atoms with Gasteiger partial charge in [-0.25, -0.2) is 12.7 Å². The molecule has 1 aliphatic heterocycles. The number of rotatable bonds is 3. The van der Waals surface area contributed by atoms with Gasteiger partial charge in [0.25, 0.3) is 0 Å². The van der Waals surface area contributed by atoms with Crippen LogP contribution in [0.1, 0.15) is 12.8 Å². The minimum absolute atomic E-state index is 0.293. The highest BCUT2D eigenvalue weighted by Gasteiger charge is 2.29. The zero-order valence-electron chi connectivity index (χ0n) is 11.5. The molecule has 1 aromatic rings. The second-order valence-corrected chi connectivity index (χ2v) is 7.84. The summed E-state index contributed by atoms with van der Waals surface area (Å²) in [6.07, 6.45) is 0.702. The number of halogens is 2. The topological polar surface area (TPSA) is 66.8 Å². The summed E-state index contributed by atoms with van der Waals surface area (Å²) >= 11 is 11.8. The van der Waals surface area contributed by atoms with Crippen LogP contribution >= 0.6 is 23.2 Å². The number of aliphatic hydroxyl groups excluding tert-OH is 1. The first-order valence-electron chi connectivity index (χ1n) is 6.52. The third-order valence-electron chi connectivity index (χ3n) is 3.41. The fourth-order valence-corrected chi connectivity index (χ4v) is 3.39. The lowest BCUT2D eigenvalue weighted by Crippen LogP contribution is -2.32. The van der Waals surface area contributed by atoms with E-state index in [0.29, 0.717) is 41.7 Å². The van der Waals surface area contributed by atoms with Gasteiger partial charge in [0.05, 0.1) is 22.4 Å². The fourth-order valence-electron chi connectivity index (χ4n) is 2.23. The number of aliphatic hydroxyl groups is 1. The van der Waals surface area contributed by atoms with E-state index in [1.165, 1.54) is 10.6 Å². The van der Waals surface area contributed by atoms with Gasteiger partial charge in [-0.1, -0.05) is 23.2 Å². The van der Waals surface area contributed by atoms with Crippen LogP contribution in [0.3, 0.4) is 0 Å². The van der Waals surface area contributed by atoms with Crippen LogP contribution in [0, 0.1) is 0 Å². The normalized spacial score (nSPS) is 24.6. The zero-order chi connectivity index (χ0) is 15.6. The van der Waals surface area contributed by atoms with Crippen LogP contribution in [-0.2, 0) is 10.0 Å². The van der Waals surface area contributed by atoms with E-state index >= 15 is 0 Å². The van der Waals surface area contributed by atoms with Gasteiger partial charge in [0, 0.05) is 25.6 Å². The lowest BCUT2D eigenvalue weighted by molar-refractivity contribution is 0.0350. The molecule has 0 aliphatic carbocycles. The Bertz CT molecular complexity index is 608. The highest BCUT2D eigenvalue weighted by molar-refractivity contribution is 7.88. The van der Waals surface area contributed by atoms with Crippen LogP contribution in [0.15, 0.2) is 18.2 Å². The van der Waals surface area contributed by atoms with Crippen LogP contribution in [-0.4, -0.2) is 49.4 Å². The molecule has 0 saturated carbocycles. The van der Waals surface area contributed by atoms with E-state index in [0.717, 1.165) is 0 Å². The quantitative estimate of drug-likeness (QED) is 0.903. The minimum atomic E-state index is -3.25. The molecule has 118 valence electrons. The van der Waals surface area contributed by atoms with E-state index in [1.54, 1.807) is 18.2 Å². The standard InChI is InChI=1S/C13H17Cl2NO4S/c1-21(18,19)16-6-4-12(17)13(5-7-16)20-9-2-3-10(14)11(15)8-9/h2-3,8,12-13,17H,4-7H2,1H3/t12-,13-/m1/s1. The largest absolute Gasteiger partial charge is 0.488 e. The molecular weight excluding hydrogens is 337 g/mol. The van der Waals surface area contributed by atoms with Gasteiger partial charge in [-0.2, -0.15) is 0 Å². The summed E-state index contributed by atoms with van der Waals surface area (Å²) in [5.74, 6) is 0.501. The Morgan fingerprint density at radius 1 is 1.24 bits per heavy atom. The average molecular weight is 354 g/mol. The van der Waals surface area contributed by atoms with Crippen molar-refractivity contribution in [1.29, 1.82) is 0 Å². The molecule has 8 heteroatoms. The van der Waals surface area contributed by atoms with Gasteiger partial charge < -0.3 is 9.84 Å². The zero-order valence-corrected chi connectivity index (χ0v) is 13.8. The second-order valence-electron chi connectivity index (χ2n) is 5.04. The van der Waals surface area contributed by atoms with E-state index in [-0.39, 0.29) is 0 Å². The van der Waals surface area contributed by atoms with Gasteiger partial charge in [0.15, 0.2) is 0 Å². The molecule has 0 unspecified atom stereocenters. The second kappa shape index (κ2) is 6.71. The molecule has 1 saturated heterocycles. The summed E-state index contributed by atoms with van der Waals surface area (Å²) in [7, 11) is -3.25. The molecule has 0 bridgehead atoms. The van der Waals surface area contributed by atoms with Crippen molar-refractivity contribution in [3.63, 3.8) is 0 Å². The predicted molar refractivity (Wildman–Crippen MR) is 82.5 cm³/mol. The Hall–Kier alpha value is -0.530. The molecule has 2 atom stereocenters. The van der Waals surface area contributed by atoms with Crippen LogP contribution in [0.2, 0.25) is 10.0 Å². The summed E-state index contributed by atoms with van der Waals surface area (Å²) in [6, 6.07) is 4.86. The van der Waals surface area contributed by atoms with Gasteiger partial charge in [-0.05, 0) is 18.6 Å². The van der Waals surface area contributed by atoms with Crippen LogP contribution < -0.4 is 4.74 Å². The molecule has 1 heterocycles. The Labute approximate surface area is 134 Å². The van der Waals surface area contributed by atoms with Crippen LogP contribution in [0.25, 0.3) is 0 Å². The summed E-state index contributed by atoms with van der Waals surface area (Å²) in [6.45, 7) is 0.614. The van der Waals surface area contributed by atoms with E-state index < -0.39 is 22.2 Å². The molecule has 1 aliphatic rings. The van der Waals surface area contributed by atoms with E-state index in [2.05, 4.69) is 0 Å². The lowest BCUT2D eigenvalue weighted by atomic mass is 10.1. The Morgan fingerprint density at radius 2 is 1.90 bits per heavy atom. The number of nitrogens with zero attached hydrogens (tertiary/aromatic N) is 1. The maximum Gasteiger partial charge on any atom is 0.211 e. The van der Waals surface area contributed by atoms with Crippen molar-refractivity contribution in [2.24, 2.45) is 0 Å². The SMILES string of the molecule is CS(=O)(=O)N1CC[C@@H](O)[C@H](Oc2ccc(Cl)c(Cl)c2)CC1. The molecule has 5 nitrogen and oxygen atoms in total. The molecule has 1 N–H and O–H groups in total. The highest BCUT2D eigenvalue weighted by Crippen LogP contribution is 2.28. The molecule has 21 heavy (non-hydrogen) atoms. The van der Waals surface area contributed by atoms with Crippen molar-refractivity contribution in [2.75, 3.05) is 19.3 Å². The monoisotopic (exact) mass is 353 g/mol. The summed E-state index contributed by atoms with van der Waals surface area (Å²) < 4.78 is 30.2. The number of sulfonamides is 1. The van der Waals surface area contributed by atoms with Gasteiger partial charge in [-0.15, -0.1) is 0 Å². The van der Waals surface area contributed by atoms with Gasteiger partial charge in [-0.3, -0.25) is 0 Å². The van der Waals surface area contributed by atoms with Crippen molar-refractivity contribution in [2.45, 2.75) is 25.0 Å². The molecule has 2 rings (SSSR count). The third kappa shape index (κ3) is 4.47. The van der Waals surface area contributed by atoms with Crippen molar-refractivity contribution in [1.82, 2.24) is 4.31 Å². The van der Waals surface area contributed by atoms with Gasteiger partial charge in [0.1, 0.15) is 11.9 Å². The highest BCUT2D eigenvalue weighted by atomic mass is 35.5. The Morgan fingerprint density at radius 3 is 2.52 bits per heavy atom. The minimum Gasteiger partial charge on any atom is -0.488 e. The average Bonchev–Trinajstić information content (AvgIpc) is 2.57. The number of ether oxygens (including phenoxy) is 1. The molecular formula is C13H17Cl2NO4S. The summed E-state index contributed by atoms with van der Waals surface area (Å²) in [5, 5.41) is 10.9. The molecule has 0 aromatic heterocycles. The summed E-state index contributed by atoms with van der Waals surface area (Å²) in [4.78, 5) is 0. The Kier molecular flexibility index (Phi) is 5.38. The first kappa shape index (κ1) is 16.8.